The van der Waals surface area contributed by atoms with Crippen molar-refractivity contribution in [2.45, 2.75) is 20.4 Å². The van der Waals surface area contributed by atoms with Crippen LogP contribution in [-0.2, 0) is 16.1 Å². The third kappa shape index (κ3) is 4.61. The van der Waals surface area contributed by atoms with Crippen LogP contribution >= 0.6 is 0 Å². The van der Waals surface area contributed by atoms with Crippen LogP contribution in [0.3, 0.4) is 0 Å². The molecule has 1 amide bonds. The van der Waals surface area contributed by atoms with Crippen molar-refractivity contribution in [3.63, 3.8) is 0 Å². The monoisotopic (exact) mass is 207 g/mol. The number of benzene rings is 1. The molecule has 0 saturated heterocycles. The lowest BCUT2D eigenvalue weighted by molar-refractivity contribution is -0.125. The summed E-state index contributed by atoms with van der Waals surface area (Å²) in [4.78, 5) is 11.2. The van der Waals surface area contributed by atoms with Gasteiger partial charge >= 0.3 is 0 Å². The minimum absolute atomic E-state index is 0.0718. The number of amides is 1. The molecule has 0 unspecified atom stereocenters. The number of rotatable bonds is 5. The molecule has 0 aliphatic heterocycles. The molecule has 0 atom stereocenters. The van der Waals surface area contributed by atoms with Gasteiger partial charge < -0.3 is 10.1 Å². The first-order valence-electron chi connectivity index (χ1n) is 5.12. The molecule has 0 radical (unpaired) electrons. The van der Waals surface area contributed by atoms with Crippen LogP contribution in [0, 0.1) is 6.92 Å². The highest BCUT2D eigenvalue weighted by atomic mass is 16.5. The van der Waals surface area contributed by atoms with E-state index in [0.29, 0.717) is 13.2 Å². The maximum Gasteiger partial charge on any atom is 0.246 e. The van der Waals surface area contributed by atoms with Crippen LogP contribution in [0.15, 0.2) is 24.3 Å². The van der Waals surface area contributed by atoms with E-state index in [2.05, 4.69) is 5.32 Å². The molecule has 1 N–H and O–H groups in total. The molecular weight excluding hydrogens is 190 g/mol. The Labute approximate surface area is 90.4 Å². The van der Waals surface area contributed by atoms with Crippen molar-refractivity contribution in [3.05, 3.63) is 35.4 Å². The Kier molecular flexibility index (Phi) is 4.84. The van der Waals surface area contributed by atoms with Gasteiger partial charge in [0.15, 0.2) is 0 Å². The van der Waals surface area contributed by atoms with E-state index in [4.69, 9.17) is 4.74 Å². The fraction of sp³-hybridized carbons (Fsp3) is 0.417. The van der Waals surface area contributed by atoms with E-state index in [-0.39, 0.29) is 12.5 Å². The highest BCUT2D eigenvalue weighted by molar-refractivity contribution is 5.77. The van der Waals surface area contributed by atoms with Crippen molar-refractivity contribution in [1.29, 1.82) is 0 Å². The molecule has 0 spiro atoms. The fourth-order valence-corrected chi connectivity index (χ4v) is 1.15. The third-order valence-electron chi connectivity index (χ3n) is 2.05. The largest absolute Gasteiger partial charge is 0.372 e. The molecule has 0 aliphatic rings. The molecule has 3 nitrogen and oxygen atoms in total. The Bertz CT molecular complexity index is 306. The lowest BCUT2D eigenvalue weighted by Crippen LogP contribution is -2.27. The maximum atomic E-state index is 11.2. The number of carbonyl (C=O) groups excluding carboxylic acids is 1. The summed E-state index contributed by atoms with van der Waals surface area (Å²) in [6, 6.07) is 8.08. The topological polar surface area (TPSA) is 38.3 Å². The van der Waals surface area contributed by atoms with Gasteiger partial charge in [-0.15, -0.1) is 0 Å². The van der Waals surface area contributed by atoms with Gasteiger partial charge in [0.1, 0.15) is 6.61 Å². The zero-order valence-corrected chi connectivity index (χ0v) is 9.25. The average molecular weight is 207 g/mol. The second-order valence-corrected chi connectivity index (χ2v) is 3.40. The molecule has 0 bridgehead atoms. The summed E-state index contributed by atoms with van der Waals surface area (Å²) in [5.41, 5.74) is 2.32. The van der Waals surface area contributed by atoms with Gasteiger partial charge in [-0.05, 0) is 19.4 Å². The summed E-state index contributed by atoms with van der Waals surface area (Å²) in [7, 11) is 0. The zero-order chi connectivity index (χ0) is 11.1. The molecule has 0 aliphatic carbocycles. The number of ether oxygens (including phenoxy) is 1. The van der Waals surface area contributed by atoms with Crippen molar-refractivity contribution in [3.8, 4) is 0 Å². The van der Waals surface area contributed by atoms with Crippen LogP contribution in [0.4, 0.5) is 0 Å². The number of hydrogen-bond donors (Lipinski definition) is 1. The molecule has 1 aromatic rings. The first-order chi connectivity index (χ1) is 7.22. The van der Waals surface area contributed by atoms with Crippen molar-refractivity contribution >= 4 is 5.91 Å². The summed E-state index contributed by atoms with van der Waals surface area (Å²) in [5.74, 6) is -0.0718. The van der Waals surface area contributed by atoms with E-state index >= 15 is 0 Å². The Balaban J connectivity index is 2.30. The van der Waals surface area contributed by atoms with Crippen LogP contribution in [0.25, 0.3) is 0 Å². The van der Waals surface area contributed by atoms with Crippen LogP contribution in [-0.4, -0.2) is 19.1 Å². The highest BCUT2D eigenvalue weighted by Crippen LogP contribution is 2.02. The Morgan fingerprint density at radius 2 is 2.00 bits per heavy atom. The molecule has 82 valence electrons. The second kappa shape index (κ2) is 6.19. The van der Waals surface area contributed by atoms with E-state index < -0.39 is 0 Å². The summed E-state index contributed by atoms with van der Waals surface area (Å²) in [6.07, 6.45) is 0. The minimum Gasteiger partial charge on any atom is -0.372 e. The molecule has 0 fully saturated rings. The van der Waals surface area contributed by atoms with Crippen LogP contribution in [0.5, 0.6) is 0 Å². The molecule has 1 aromatic carbocycles. The van der Waals surface area contributed by atoms with Gasteiger partial charge in [-0.25, -0.2) is 0 Å². The van der Waals surface area contributed by atoms with Crippen LogP contribution in [0.1, 0.15) is 18.1 Å². The van der Waals surface area contributed by atoms with Gasteiger partial charge in [0.2, 0.25) is 5.91 Å². The average Bonchev–Trinajstić information content (AvgIpc) is 2.25. The SMILES string of the molecule is CCOCC(=O)NCc1ccc(C)cc1. The van der Waals surface area contributed by atoms with Crippen LogP contribution in [0.2, 0.25) is 0 Å². The Morgan fingerprint density at radius 3 is 2.60 bits per heavy atom. The summed E-state index contributed by atoms with van der Waals surface area (Å²) in [6.45, 7) is 5.18. The maximum absolute atomic E-state index is 11.2. The Hall–Kier alpha value is -1.35. The van der Waals surface area contributed by atoms with Crippen molar-refractivity contribution in [2.75, 3.05) is 13.2 Å². The van der Waals surface area contributed by atoms with Crippen molar-refractivity contribution in [2.24, 2.45) is 0 Å². The molecule has 0 aromatic heterocycles. The predicted molar refractivity (Wildman–Crippen MR) is 59.5 cm³/mol. The smallest absolute Gasteiger partial charge is 0.246 e. The van der Waals surface area contributed by atoms with E-state index in [1.165, 1.54) is 5.56 Å². The quantitative estimate of drug-likeness (QED) is 0.797. The van der Waals surface area contributed by atoms with Crippen molar-refractivity contribution < 1.29 is 9.53 Å². The fourth-order valence-electron chi connectivity index (χ4n) is 1.15. The molecule has 0 saturated carbocycles. The van der Waals surface area contributed by atoms with Gasteiger partial charge in [0.05, 0.1) is 0 Å². The normalized spacial score (nSPS) is 10.0. The molecule has 1 rings (SSSR count). The number of aryl methyl sites for hydroxylation is 1. The van der Waals surface area contributed by atoms with E-state index in [1.807, 2.05) is 38.1 Å². The Morgan fingerprint density at radius 1 is 1.33 bits per heavy atom. The molecular formula is C12H17NO2. The highest BCUT2D eigenvalue weighted by Gasteiger charge is 1.99. The van der Waals surface area contributed by atoms with E-state index in [0.717, 1.165) is 5.56 Å². The molecule has 3 heteroatoms. The second-order valence-electron chi connectivity index (χ2n) is 3.40. The van der Waals surface area contributed by atoms with Gasteiger partial charge in [-0.2, -0.15) is 0 Å². The van der Waals surface area contributed by atoms with Crippen molar-refractivity contribution in [1.82, 2.24) is 5.32 Å². The standard InChI is InChI=1S/C12H17NO2/c1-3-15-9-12(14)13-8-11-6-4-10(2)5-7-11/h4-7H,3,8-9H2,1-2H3,(H,13,14). The first-order valence-corrected chi connectivity index (χ1v) is 5.12. The summed E-state index contributed by atoms with van der Waals surface area (Å²) in [5, 5.41) is 2.79. The van der Waals surface area contributed by atoms with Gasteiger partial charge in [-0.3, -0.25) is 4.79 Å². The zero-order valence-electron chi connectivity index (χ0n) is 9.25. The summed E-state index contributed by atoms with van der Waals surface area (Å²) >= 11 is 0. The van der Waals surface area contributed by atoms with E-state index in [9.17, 15) is 4.79 Å². The molecule has 15 heavy (non-hydrogen) atoms. The van der Waals surface area contributed by atoms with E-state index in [1.54, 1.807) is 0 Å². The van der Waals surface area contributed by atoms with Gasteiger partial charge in [-0.1, -0.05) is 29.8 Å². The third-order valence-corrected chi connectivity index (χ3v) is 2.05. The lowest BCUT2D eigenvalue weighted by Gasteiger charge is -2.05. The van der Waals surface area contributed by atoms with Gasteiger partial charge in [0, 0.05) is 13.2 Å². The van der Waals surface area contributed by atoms with Gasteiger partial charge in [0.25, 0.3) is 0 Å². The van der Waals surface area contributed by atoms with Crippen LogP contribution < -0.4 is 5.32 Å². The number of nitrogens with one attached hydrogen (secondary N) is 1. The number of carbonyl (C=O) groups is 1. The molecule has 0 heterocycles. The number of hydrogen-bond acceptors (Lipinski definition) is 2. The first kappa shape index (κ1) is 11.7. The summed E-state index contributed by atoms with van der Waals surface area (Å²) < 4.78 is 4.99. The predicted octanol–water partition coefficient (Wildman–Crippen LogP) is 1.65. The minimum atomic E-state index is -0.0718. The lowest BCUT2D eigenvalue weighted by atomic mass is 10.1.